The summed E-state index contributed by atoms with van der Waals surface area (Å²) in [6.45, 7) is 17.2. The molecule has 5 heterocycles. The zero-order valence-electron chi connectivity index (χ0n) is 25.5. The van der Waals surface area contributed by atoms with Crippen molar-refractivity contribution >= 4 is 22.9 Å². The highest BCUT2D eigenvalue weighted by atomic mass is 16.5. The lowest BCUT2D eigenvalue weighted by molar-refractivity contribution is -0.113. The summed E-state index contributed by atoms with van der Waals surface area (Å²) >= 11 is 0. The predicted octanol–water partition coefficient (Wildman–Crippen LogP) is 3.11. The Kier molecular flexibility index (Phi) is 9.75. The van der Waals surface area contributed by atoms with Crippen molar-refractivity contribution in [3.63, 3.8) is 0 Å². The molecule has 4 aliphatic rings. The lowest BCUT2D eigenvalue weighted by Crippen LogP contribution is -2.45. The number of aliphatic hydroxyl groups excluding tert-OH is 1. The van der Waals surface area contributed by atoms with Gasteiger partial charge in [0.1, 0.15) is 11.9 Å². The number of fused-ring (bicyclic) bond motifs is 5. The van der Waals surface area contributed by atoms with Crippen LogP contribution in [0.4, 0.5) is 0 Å². The van der Waals surface area contributed by atoms with E-state index in [4.69, 9.17) is 14.5 Å². The van der Waals surface area contributed by atoms with Crippen LogP contribution >= 0.6 is 0 Å². The second-order valence-electron chi connectivity index (χ2n) is 11.2. The summed E-state index contributed by atoms with van der Waals surface area (Å²) in [6, 6.07) is 4.31. The molecule has 1 aromatic carbocycles. The monoisotopic (exact) mass is 575 g/mol. The van der Waals surface area contributed by atoms with Gasteiger partial charge in [-0.05, 0) is 61.5 Å². The number of piperazine rings is 1. The lowest BCUT2D eigenvalue weighted by Gasteiger charge is -2.32. The van der Waals surface area contributed by atoms with Crippen LogP contribution in [-0.2, 0) is 29.0 Å². The molecule has 0 saturated carbocycles. The first-order valence-electron chi connectivity index (χ1n) is 15.3. The van der Waals surface area contributed by atoms with Crippen LogP contribution in [0.3, 0.4) is 0 Å². The first-order valence-corrected chi connectivity index (χ1v) is 15.3. The van der Waals surface area contributed by atoms with E-state index in [1.165, 1.54) is 11.1 Å². The van der Waals surface area contributed by atoms with Crippen molar-refractivity contribution in [1.82, 2.24) is 25.0 Å². The number of rotatable bonds is 10. The smallest absolute Gasteiger partial charge is 0.153 e. The average molecular weight is 576 g/mol. The van der Waals surface area contributed by atoms with Crippen LogP contribution in [0.5, 0.6) is 5.75 Å². The Hall–Kier alpha value is -3.08. The Morgan fingerprint density at radius 2 is 2.02 bits per heavy atom. The van der Waals surface area contributed by atoms with Gasteiger partial charge < -0.3 is 39.4 Å². The number of aromatic nitrogens is 1. The first-order chi connectivity index (χ1) is 20.5. The van der Waals surface area contributed by atoms with Gasteiger partial charge in [0.15, 0.2) is 6.29 Å². The summed E-state index contributed by atoms with van der Waals surface area (Å²) in [5.74, 6) is 0.949. The van der Waals surface area contributed by atoms with Crippen molar-refractivity contribution in [3.05, 3.63) is 64.0 Å². The number of carbonyl (C=O) groups excluding carboxylic acids is 1. The highest BCUT2D eigenvalue weighted by molar-refractivity contribution is 5.91. The summed E-state index contributed by atoms with van der Waals surface area (Å²) in [5.41, 5.74) is 8.22. The molecule has 1 fully saturated rings. The summed E-state index contributed by atoms with van der Waals surface area (Å²) < 4.78 is 11.3. The molecular weight excluding hydrogens is 530 g/mol. The highest BCUT2D eigenvalue weighted by Gasteiger charge is 2.36. The number of aliphatic hydroxyl groups is 1. The number of nitrogens with zero attached hydrogens (tertiary/aromatic N) is 4. The van der Waals surface area contributed by atoms with Crippen molar-refractivity contribution < 1.29 is 19.4 Å². The number of methoxy groups -OCH3 is 1. The number of hydrogen-bond donors (Lipinski definition) is 2. The van der Waals surface area contributed by atoms with Crippen molar-refractivity contribution in [3.8, 4) is 5.75 Å². The second kappa shape index (κ2) is 13.5. The van der Waals surface area contributed by atoms with Gasteiger partial charge in [-0.3, -0.25) is 0 Å². The third-order valence-electron chi connectivity index (χ3n) is 8.64. The number of nitrogens with one attached hydrogen (secondary N) is 1. The van der Waals surface area contributed by atoms with Crippen LogP contribution in [0, 0.1) is 0 Å². The summed E-state index contributed by atoms with van der Waals surface area (Å²) in [6.07, 6.45) is 3.17. The van der Waals surface area contributed by atoms with E-state index in [9.17, 15) is 9.90 Å². The topological polar surface area (TPSA) is 90.4 Å². The van der Waals surface area contributed by atoms with Gasteiger partial charge in [-0.15, -0.1) is 0 Å². The van der Waals surface area contributed by atoms with E-state index in [2.05, 4.69) is 45.8 Å². The van der Waals surface area contributed by atoms with E-state index in [0.717, 1.165) is 104 Å². The lowest BCUT2D eigenvalue weighted by atomic mass is 9.95. The van der Waals surface area contributed by atoms with Crippen LogP contribution in [0.25, 0.3) is 16.6 Å². The fraction of sp³-hybridized carbons (Fsp3) is 0.515. The summed E-state index contributed by atoms with van der Waals surface area (Å²) in [7, 11) is 3.79. The maximum atomic E-state index is 11.6. The minimum atomic E-state index is -1.25. The van der Waals surface area contributed by atoms with Gasteiger partial charge in [0, 0.05) is 68.5 Å². The van der Waals surface area contributed by atoms with Crippen LogP contribution in [0.2, 0.25) is 0 Å². The Morgan fingerprint density at radius 3 is 2.76 bits per heavy atom. The quantitative estimate of drug-likeness (QED) is 0.328. The number of ether oxygens (including phenoxy) is 2. The van der Waals surface area contributed by atoms with Crippen molar-refractivity contribution in [2.24, 2.45) is 0 Å². The van der Waals surface area contributed by atoms with E-state index < -0.39 is 6.10 Å². The molecule has 42 heavy (non-hydrogen) atoms. The Labute approximate surface area is 249 Å². The molecule has 0 amide bonds. The average Bonchev–Trinajstić information content (AvgIpc) is 3.62. The Morgan fingerprint density at radius 1 is 1.24 bits per heavy atom. The van der Waals surface area contributed by atoms with E-state index in [1.54, 1.807) is 7.11 Å². The molecule has 9 nitrogen and oxygen atoms in total. The van der Waals surface area contributed by atoms with Gasteiger partial charge in [0.2, 0.25) is 0 Å². The molecule has 6 rings (SSSR count). The van der Waals surface area contributed by atoms with Crippen molar-refractivity contribution in [2.45, 2.75) is 45.9 Å². The van der Waals surface area contributed by atoms with Crippen LogP contribution in [0.15, 0.2) is 41.6 Å². The number of aldehydes is 1. The minimum absolute atomic E-state index is 0.261. The second-order valence-corrected chi connectivity index (χ2v) is 11.2. The molecule has 1 atom stereocenters. The SMILES string of the molecule is C=C1C(COC)=C(C(O)C=O)C=C2c3nc4cc5c(cc4c(CNCCCN4CCN(C)CC4)c3CN12)OCC5.CC. The Bertz CT molecular complexity index is 1390. The third kappa shape index (κ3) is 5.89. The molecule has 9 heteroatoms. The molecule has 1 saturated heterocycles. The molecule has 4 aliphatic heterocycles. The maximum Gasteiger partial charge on any atom is 0.153 e. The van der Waals surface area contributed by atoms with Gasteiger partial charge in [-0.25, -0.2) is 4.98 Å². The first kappa shape index (κ1) is 30.4. The van der Waals surface area contributed by atoms with Crippen molar-refractivity contribution in [1.29, 1.82) is 0 Å². The number of likely N-dealkylation sites (N-methyl/N-ethyl adjacent to an activating group) is 1. The molecule has 1 unspecified atom stereocenters. The van der Waals surface area contributed by atoms with E-state index >= 15 is 0 Å². The van der Waals surface area contributed by atoms with Gasteiger partial charge >= 0.3 is 0 Å². The van der Waals surface area contributed by atoms with Gasteiger partial charge in [0.05, 0.1) is 36.7 Å². The zero-order chi connectivity index (χ0) is 29.8. The van der Waals surface area contributed by atoms with Crippen LogP contribution in [-0.4, -0.2) is 104 Å². The van der Waals surface area contributed by atoms with Crippen molar-refractivity contribution in [2.75, 3.05) is 66.6 Å². The number of carbonyl (C=O) groups is 1. The molecular formula is C33H45N5O4. The minimum Gasteiger partial charge on any atom is -0.493 e. The molecule has 226 valence electrons. The van der Waals surface area contributed by atoms with E-state index in [-0.39, 0.29) is 6.61 Å². The highest BCUT2D eigenvalue weighted by Crippen LogP contribution is 2.45. The number of benzene rings is 1. The fourth-order valence-electron chi connectivity index (χ4n) is 6.31. The molecule has 2 N–H and O–H groups in total. The standard InChI is InChI=1S/C31H39N5O4.C2H6/c1-20-26(19-39-3)23(29(38)18-37)14-28-31-25(17-36(20)28)24(16-32-6-4-7-35-10-8-34(2)9-11-35)22-15-30-21(5-12-40-30)13-27(22)33-31;1-2/h13-15,18,29,32,38H,1,4-12,16-17,19H2,2-3H3;1-2H3. The van der Waals surface area contributed by atoms with Crippen LogP contribution < -0.4 is 10.1 Å². The molecule has 0 bridgehead atoms. The van der Waals surface area contributed by atoms with E-state index in [0.29, 0.717) is 25.0 Å². The molecule has 2 aromatic rings. The summed E-state index contributed by atoms with van der Waals surface area (Å²) in [5, 5.41) is 15.4. The molecule has 0 radical (unpaired) electrons. The largest absolute Gasteiger partial charge is 0.493 e. The van der Waals surface area contributed by atoms with E-state index in [1.807, 2.05) is 19.9 Å². The fourth-order valence-corrected chi connectivity index (χ4v) is 6.31. The zero-order valence-corrected chi connectivity index (χ0v) is 25.5. The Balaban J connectivity index is 0.00000173. The summed E-state index contributed by atoms with van der Waals surface area (Å²) in [4.78, 5) is 23.8. The molecule has 0 aliphatic carbocycles. The number of pyridine rings is 1. The predicted molar refractivity (Wildman–Crippen MR) is 166 cm³/mol. The van der Waals surface area contributed by atoms with Gasteiger partial charge in [0.25, 0.3) is 0 Å². The molecule has 1 aromatic heterocycles. The number of hydrogen-bond acceptors (Lipinski definition) is 9. The molecule has 0 spiro atoms. The van der Waals surface area contributed by atoms with Crippen LogP contribution in [0.1, 0.15) is 42.7 Å². The van der Waals surface area contributed by atoms with Gasteiger partial charge in [-0.1, -0.05) is 20.4 Å². The maximum absolute atomic E-state index is 11.6. The third-order valence-corrected chi connectivity index (χ3v) is 8.64. The normalized spacial score (nSPS) is 19.1. The van der Waals surface area contributed by atoms with Gasteiger partial charge in [-0.2, -0.15) is 0 Å².